The van der Waals surface area contributed by atoms with Crippen LogP contribution in [0.5, 0.6) is 5.75 Å². The smallest absolute Gasteiger partial charge is 0.142 e. The van der Waals surface area contributed by atoms with Gasteiger partial charge in [-0.3, -0.25) is 4.79 Å². The van der Waals surface area contributed by atoms with Crippen LogP contribution in [0.25, 0.3) is 10.8 Å². The van der Waals surface area contributed by atoms with Gasteiger partial charge in [0.15, 0.2) is 0 Å². The largest absolute Gasteiger partial charge is 0.497 e. The maximum Gasteiger partial charge on any atom is 0.142 e. The first kappa shape index (κ1) is 13.1. The molecular weight excluding hydrogens is 252 g/mol. The van der Waals surface area contributed by atoms with Gasteiger partial charge < -0.3 is 9.47 Å². The Morgan fingerprint density at radius 2 is 2.25 bits per heavy atom. The zero-order chi connectivity index (χ0) is 13.9. The molecule has 20 heavy (non-hydrogen) atoms. The van der Waals surface area contributed by atoms with Crippen molar-refractivity contribution in [2.24, 2.45) is 5.92 Å². The van der Waals surface area contributed by atoms with Crippen molar-refractivity contribution in [1.29, 1.82) is 0 Å². The van der Waals surface area contributed by atoms with E-state index in [2.05, 4.69) is 6.07 Å². The third kappa shape index (κ3) is 2.54. The van der Waals surface area contributed by atoms with Gasteiger partial charge in [0.25, 0.3) is 0 Å². The molecule has 1 heterocycles. The van der Waals surface area contributed by atoms with Crippen LogP contribution in [0.3, 0.4) is 0 Å². The molecule has 0 bridgehead atoms. The average Bonchev–Trinajstić information content (AvgIpc) is 3.01. The van der Waals surface area contributed by atoms with E-state index >= 15 is 0 Å². The predicted octanol–water partition coefficient (Wildman–Crippen LogP) is 3.00. The minimum absolute atomic E-state index is 0.0656. The number of ketones is 1. The molecule has 0 amide bonds. The van der Waals surface area contributed by atoms with Crippen LogP contribution in [-0.4, -0.2) is 26.1 Å². The minimum Gasteiger partial charge on any atom is -0.497 e. The number of carbonyl (C=O) groups excluding carboxylic acids is 1. The molecule has 2 aromatic carbocycles. The Morgan fingerprint density at radius 3 is 3.00 bits per heavy atom. The van der Waals surface area contributed by atoms with Crippen molar-refractivity contribution < 1.29 is 14.3 Å². The zero-order valence-corrected chi connectivity index (χ0v) is 11.6. The van der Waals surface area contributed by atoms with Crippen LogP contribution in [-0.2, 0) is 16.0 Å². The number of ether oxygens (including phenoxy) is 2. The van der Waals surface area contributed by atoms with Gasteiger partial charge in [0.1, 0.15) is 11.5 Å². The summed E-state index contributed by atoms with van der Waals surface area (Å²) < 4.78 is 10.6. The Morgan fingerprint density at radius 1 is 1.35 bits per heavy atom. The highest BCUT2D eigenvalue weighted by Crippen LogP contribution is 2.26. The summed E-state index contributed by atoms with van der Waals surface area (Å²) in [6, 6.07) is 12.1. The van der Waals surface area contributed by atoms with E-state index in [-0.39, 0.29) is 11.7 Å². The van der Waals surface area contributed by atoms with E-state index in [9.17, 15) is 4.79 Å². The van der Waals surface area contributed by atoms with Crippen LogP contribution in [0.2, 0.25) is 0 Å². The molecule has 3 rings (SSSR count). The van der Waals surface area contributed by atoms with Gasteiger partial charge in [-0.25, -0.2) is 0 Å². The fourth-order valence-electron chi connectivity index (χ4n) is 2.72. The third-order valence-electron chi connectivity index (χ3n) is 3.93. The summed E-state index contributed by atoms with van der Waals surface area (Å²) in [5.41, 5.74) is 1.07. The molecule has 0 N–H and O–H groups in total. The topological polar surface area (TPSA) is 35.5 Å². The summed E-state index contributed by atoms with van der Waals surface area (Å²) in [6.45, 7) is 1.28. The number of carbonyl (C=O) groups is 1. The fourth-order valence-corrected chi connectivity index (χ4v) is 2.72. The zero-order valence-electron chi connectivity index (χ0n) is 11.6. The minimum atomic E-state index is 0.0656. The van der Waals surface area contributed by atoms with Gasteiger partial charge in [-0.05, 0) is 34.9 Å². The van der Waals surface area contributed by atoms with E-state index < -0.39 is 0 Å². The molecule has 0 spiro atoms. The first-order chi connectivity index (χ1) is 9.78. The second kappa shape index (κ2) is 5.63. The summed E-state index contributed by atoms with van der Waals surface area (Å²) in [4.78, 5) is 12.3. The molecule has 0 aromatic heterocycles. The SMILES string of the molecule is COc1ccc2cccc(CC(=O)C3CCOC3)c2c1. The maximum atomic E-state index is 12.3. The Hall–Kier alpha value is -1.87. The van der Waals surface area contributed by atoms with Crippen LogP contribution < -0.4 is 4.74 Å². The van der Waals surface area contributed by atoms with Crippen molar-refractivity contribution >= 4 is 16.6 Å². The highest BCUT2D eigenvalue weighted by molar-refractivity contribution is 5.92. The lowest BCUT2D eigenvalue weighted by molar-refractivity contribution is -0.122. The van der Waals surface area contributed by atoms with E-state index in [1.54, 1.807) is 7.11 Å². The van der Waals surface area contributed by atoms with Gasteiger partial charge in [-0.1, -0.05) is 24.3 Å². The number of rotatable bonds is 4. The molecule has 1 aliphatic heterocycles. The van der Waals surface area contributed by atoms with Crippen LogP contribution >= 0.6 is 0 Å². The second-order valence-electron chi connectivity index (χ2n) is 5.21. The van der Waals surface area contributed by atoms with Gasteiger partial charge in [0.2, 0.25) is 0 Å². The quantitative estimate of drug-likeness (QED) is 0.856. The molecule has 3 heteroatoms. The fraction of sp³-hybridized carbons (Fsp3) is 0.353. The molecule has 1 fully saturated rings. The van der Waals surface area contributed by atoms with Crippen LogP contribution in [0, 0.1) is 5.92 Å². The highest BCUT2D eigenvalue weighted by Gasteiger charge is 2.23. The van der Waals surface area contributed by atoms with Gasteiger partial charge >= 0.3 is 0 Å². The Bertz CT molecular complexity index is 627. The van der Waals surface area contributed by atoms with E-state index in [4.69, 9.17) is 9.47 Å². The van der Waals surface area contributed by atoms with Gasteiger partial charge in [0, 0.05) is 18.9 Å². The first-order valence-electron chi connectivity index (χ1n) is 6.94. The number of hydrogen-bond donors (Lipinski definition) is 0. The second-order valence-corrected chi connectivity index (χ2v) is 5.21. The molecule has 2 aromatic rings. The summed E-state index contributed by atoms with van der Waals surface area (Å²) in [6.07, 6.45) is 1.32. The molecule has 1 atom stereocenters. The van der Waals surface area contributed by atoms with Gasteiger partial charge in [-0.15, -0.1) is 0 Å². The lowest BCUT2D eigenvalue weighted by Gasteiger charge is -2.10. The van der Waals surface area contributed by atoms with Crippen molar-refractivity contribution in [3.05, 3.63) is 42.0 Å². The molecule has 0 radical (unpaired) electrons. The summed E-state index contributed by atoms with van der Waals surface area (Å²) >= 11 is 0. The summed E-state index contributed by atoms with van der Waals surface area (Å²) in [5.74, 6) is 1.16. The Labute approximate surface area is 118 Å². The van der Waals surface area contributed by atoms with Crippen LogP contribution in [0.1, 0.15) is 12.0 Å². The van der Waals surface area contributed by atoms with Gasteiger partial charge in [0.05, 0.1) is 13.7 Å². The lowest BCUT2D eigenvalue weighted by Crippen LogP contribution is -2.16. The molecular formula is C17H18O3. The van der Waals surface area contributed by atoms with Crippen molar-refractivity contribution in [3.63, 3.8) is 0 Å². The van der Waals surface area contributed by atoms with Crippen LogP contribution in [0.4, 0.5) is 0 Å². The number of methoxy groups -OCH3 is 1. The molecule has 0 saturated carbocycles. The van der Waals surface area contributed by atoms with Crippen molar-refractivity contribution in [2.75, 3.05) is 20.3 Å². The van der Waals surface area contributed by atoms with Crippen LogP contribution in [0.15, 0.2) is 36.4 Å². The Kier molecular flexibility index (Phi) is 3.70. The van der Waals surface area contributed by atoms with Crippen molar-refractivity contribution in [3.8, 4) is 5.75 Å². The molecule has 1 unspecified atom stereocenters. The first-order valence-corrected chi connectivity index (χ1v) is 6.94. The standard InChI is InChI=1S/C17H18O3/c1-19-15-6-5-12-3-2-4-13(16(12)10-15)9-17(18)14-7-8-20-11-14/h2-6,10,14H,7-9,11H2,1H3. The monoisotopic (exact) mass is 270 g/mol. The van der Waals surface area contributed by atoms with E-state index in [1.165, 1.54) is 0 Å². The number of benzene rings is 2. The van der Waals surface area contributed by atoms with E-state index in [0.29, 0.717) is 19.6 Å². The molecule has 0 aliphatic carbocycles. The molecule has 1 aliphatic rings. The average molecular weight is 270 g/mol. The number of Topliss-reactive ketones (excluding diaryl/α,β-unsaturated/α-hetero) is 1. The maximum absolute atomic E-state index is 12.3. The summed E-state index contributed by atoms with van der Waals surface area (Å²) in [5, 5.41) is 2.23. The number of fused-ring (bicyclic) bond motifs is 1. The highest BCUT2D eigenvalue weighted by atomic mass is 16.5. The normalized spacial score (nSPS) is 18.4. The third-order valence-corrected chi connectivity index (χ3v) is 3.93. The molecule has 104 valence electrons. The lowest BCUT2D eigenvalue weighted by atomic mass is 9.94. The predicted molar refractivity (Wildman–Crippen MR) is 78.1 cm³/mol. The van der Waals surface area contributed by atoms with Gasteiger partial charge in [-0.2, -0.15) is 0 Å². The van der Waals surface area contributed by atoms with E-state index in [0.717, 1.165) is 28.5 Å². The Balaban J connectivity index is 1.91. The summed E-state index contributed by atoms with van der Waals surface area (Å²) in [7, 11) is 1.66. The van der Waals surface area contributed by atoms with E-state index in [1.807, 2.05) is 30.3 Å². The molecule has 1 saturated heterocycles. The van der Waals surface area contributed by atoms with Crippen molar-refractivity contribution in [2.45, 2.75) is 12.8 Å². The van der Waals surface area contributed by atoms with Crippen molar-refractivity contribution in [1.82, 2.24) is 0 Å². The number of hydrogen-bond acceptors (Lipinski definition) is 3. The molecule has 3 nitrogen and oxygen atoms in total.